The highest BCUT2D eigenvalue weighted by Crippen LogP contribution is 2.17. The van der Waals surface area contributed by atoms with Crippen LogP contribution in [-0.2, 0) is 12.8 Å². The van der Waals surface area contributed by atoms with Gasteiger partial charge in [-0.1, -0.05) is 72.8 Å². The van der Waals surface area contributed by atoms with E-state index in [2.05, 4.69) is 79.2 Å². The van der Waals surface area contributed by atoms with E-state index in [0.29, 0.717) is 0 Å². The Bertz CT molecular complexity index is 682. The molecule has 0 aliphatic carbocycles. The van der Waals surface area contributed by atoms with Gasteiger partial charge in [-0.05, 0) is 54.0 Å². The van der Waals surface area contributed by atoms with E-state index in [1.165, 1.54) is 41.2 Å². The van der Waals surface area contributed by atoms with Gasteiger partial charge in [0, 0.05) is 0 Å². The van der Waals surface area contributed by atoms with E-state index in [1.54, 1.807) is 0 Å². The van der Waals surface area contributed by atoms with Crippen LogP contribution >= 0.6 is 0 Å². The van der Waals surface area contributed by atoms with Crippen molar-refractivity contribution in [1.29, 1.82) is 0 Å². The predicted molar refractivity (Wildman–Crippen MR) is 91.3 cm³/mol. The molecule has 0 aliphatic rings. The van der Waals surface area contributed by atoms with E-state index in [1.807, 2.05) is 0 Å². The molecule has 21 heavy (non-hydrogen) atoms. The Balaban J connectivity index is 1.46. The zero-order valence-corrected chi connectivity index (χ0v) is 12.3. The first-order valence-corrected chi connectivity index (χ1v) is 7.75. The molecule has 0 aromatic heterocycles. The fraction of sp³-hybridized carbons (Fsp3) is 0.190. The van der Waals surface area contributed by atoms with Gasteiger partial charge in [-0.15, -0.1) is 0 Å². The molecule has 1 radical (unpaired) electrons. The highest BCUT2D eigenvalue weighted by atomic mass is 14.0. The van der Waals surface area contributed by atoms with E-state index in [0.717, 1.165) is 6.42 Å². The smallest absolute Gasteiger partial charge is 0.0181 e. The van der Waals surface area contributed by atoms with Crippen molar-refractivity contribution in [2.75, 3.05) is 0 Å². The predicted octanol–water partition coefficient (Wildman–Crippen LogP) is 5.61. The van der Waals surface area contributed by atoms with Gasteiger partial charge in [0.1, 0.15) is 0 Å². The maximum Gasteiger partial charge on any atom is -0.0181 e. The maximum atomic E-state index is 2.41. The Hall–Kier alpha value is -2.08. The molecule has 105 valence electrons. The quantitative estimate of drug-likeness (QED) is 0.512. The molecule has 0 N–H and O–H groups in total. The third-order valence-corrected chi connectivity index (χ3v) is 3.91. The first-order valence-electron chi connectivity index (χ1n) is 7.75. The molecule has 0 saturated carbocycles. The highest BCUT2D eigenvalue weighted by Gasteiger charge is 1.98. The lowest BCUT2D eigenvalue weighted by molar-refractivity contribution is 0.788. The molecule has 0 saturated heterocycles. The van der Waals surface area contributed by atoms with Gasteiger partial charge in [0.25, 0.3) is 0 Å². The van der Waals surface area contributed by atoms with Gasteiger partial charge in [0.2, 0.25) is 0 Å². The lowest BCUT2D eigenvalue weighted by atomic mass is 10.0. The van der Waals surface area contributed by atoms with Gasteiger partial charge < -0.3 is 0 Å². The lowest BCUT2D eigenvalue weighted by Crippen LogP contribution is -1.89. The molecule has 0 bridgehead atoms. The van der Waals surface area contributed by atoms with Gasteiger partial charge >= 0.3 is 0 Å². The summed E-state index contributed by atoms with van der Waals surface area (Å²) in [7, 11) is 0. The zero-order chi connectivity index (χ0) is 14.3. The molecule has 0 amide bonds. The SMILES string of the molecule is [CH](CCCc1ccccc1)Cc1ccc2ccccc2c1. The zero-order valence-electron chi connectivity index (χ0n) is 12.3. The second-order valence-electron chi connectivity index (χ2n) is 5.55. The summed E-state index contributed by atoms with van der Waals surface area (Å²) >= 11 is 0. The third-order valence-electron chi connectivity index (χ3n) is 3.91. The summed E-state index contributed by atoms with van der Waals surface area (Å²) in [6.07, 6.45) is 7.07. The Labute approximate surface area is 127 Å². The third kappa shape index (κ3) is 3.95. The number of benzene rings is 3. The van der Waals surface area contributed by atoms with Crippen LogP contribution in [0.25, 0.3) is 10.8 Å². The van der Waals surface area contributed by atoms with Gasteiger partial charge in [-0.2, -0.15) is 0 Å². The fourth-order valence-electron chi connectivity index (χ4n) is 2.73. The Morgan fingerprint density at radius 1 is 0.667 bits per heavy atom. The highest BCUT2D eigenvalue weighted by molar-refractivity contribution is 5.83. The van der Waals surface area contributed by atoms with E-state index in [9.17, 15) is 0 Å². The average molecular weight is 273 g/mol. The van der Waals surface area contributed by atoms with Crippen molar-refractivity contribution >= 4 is 10.8 Å². The molecule has 0 atom stereocenters. The van der Waals surface area contributed by atoms with Crippen LogP contribution < -0.4 is 0 Å². The van der Waals surface area contributed by atoms with Crippen molar-refractivity contribution in [2.24, 2.45) is 0 Å². The van der Waals surface area contributed by atoms with E-state index < -0.39 is 0 Å². The summed E-state index contributed by atoms with van der Waals surface area (Å²) in [4.78, 5) is 0. The minimum Gasteiger partial charge on any atom is -0.0622 e. The molecule has 3 aromatic rings. The van der Waals surface area contributed by atoms with Crippen LogP contribution in [0.4, 0.5) is 0 Å². The summed E-state index contributed by atoms with van der Waals surface area (Å²) in [5.41, 5.74) is 2.85. The molecule has 3 aromatic carbocycles. The van der Waals surface area contributed by atoms with Gasteiger partial charge in [0.05, 0.1) is 0 Å². The Morgan fingerprint density at radius 3 is 2.29 bits per heavy atom. The summed E-state index contributed by atoms with van der Waals surface area (Å²) in [6.45, 7) is 0. The van der Waals surface area contributed by atoms with Crippen molar-refractivity contribution in [3.8, 4) is 0 Å². The second kappa shape index (κ2) is 7.08. The topological polar surface area (TPSA) is 0 Å². The van der Waals surface area contributed by atoms with Crippen molar-refractivity contribution in [1.82, 2.24) is 0 Å². The number of hydrogen-bond donors (Lipinski definition) is 0. The number of rotatable bonds is 6. The Kier molecular flexibility index (Phi) is 4.68. The van der Waals surface area contributed by atoms with Crippen LogP contribution in [0.2, 0.25) is 0 Å². The summed E-state index contributed by atoms with van der Waals surface area (Å²) in [6, 6.07) is 26.1. The van der Waals surface area contributed by atoms with Crippen LogP contribution in [-0.4, -0.2) is 0 Å². The summed E-state index contributed by atoms with van der Waals surface area (Å²) in [5, 5.41) is 2.66. The van der Waals surface area contributed by atoms with E-state index in [4.69, 9.17) is 0 Å². The fourth-order valence-corrected chi connectivity index (χ4v) is 2.73. The van der Waals surface area contributed by atoms with Crippen LogP contribution in [0.1, 0.15) is 24.0 Å². The molecule has 0 heterocycles. The molecule has 0 heteroatoms. The number of fused-ring (bicyclic) bond motifs is 1. The Morgan fingerprint density at radius 2 is 1.43 bits per heavy atom. The number of aryl methyl sites for hydroxylation is 1. The van der Waals surface area contributed by atoms with Crippen molar-refractivity contribution in [2.45, 2.75) is 25.7 Å². The van der Waals surface area contributed by atoms with Crippen LogP contribution in [0.3, 0.4) is 0 Å². The van der Waals surface area contributed by atoms with Gasteiger partial charge in [-0.25, -0.2) is 0 Å². The van der Waals surface area contributed by atoms with Gasteiger partial charge in [-0.3, -0.25) is 0 Å². The van der Waals surface area contributed by atoms with Crippen LogP contribution in [0.5, 0.6) is 0 Å². The molecular formula is C21H21. The largest absolute Gasteiger partial charge is 0.0622 e. The first kappa shape index (κ1) is 13.9. The molecule has 0 unspecified atom stereocenters. The lowest BCUT2D eigenvalue weighted by Gasteiger charge is -2.04. The van der Waals surface area contributed by atoms with E-state index >= 15 is 0 Å². The molecule has 3 rings (SSSR count). The summed E-state index contributed by atoms with van der Waals surface area (Å²) < 4.78 is 0. The number of hydrogen-bond acceptors (Lipinski definition) is 0. The first-order chi connectivity index (χ1) is 10.4. The van der Waals surface area contributed by atoms with Crippen molar-refractivity contribution < 1.29 is 0 Å². The maximum absolute atomic E-state index is 2.41. The monoisotopic (exact) mass is 273 g/mol. The van der Waals surface area contributed by atoms with Gasteiger partial charge in [0.15, 0.2) is 0 Å². The van der Waals surface area contributed by atoms with Crippen molar-refractivity contribution in [3.63, 3.8) is 0 Å². The normalized spacial score (nSPS) is 10.9. The number of unbranched alkanes of at least 4 members (excludes halogenated alkanes) is 2. The minimum absolute atomic E-state index is 1.07. The average Bonchev–Trinajstić information content (AvgIpc) is 2.55. The van der Waals surface area contributed by atoms with Crippen LogP contribution in [0.15, 0.2) is 72.8 Å². The molecular weight excluding hydrogens is 252 g/mol. The van der Waals surface area contributed by atoms with E-state index in [-0.39, 0.29) is 0 Å². The molecule has 0 fully saturated rings. The summed E-state index contributed by atoms with van der Waals surface area (Å²) in [5.74, 6) is 0. The molecule has 0 nitrogen and oxygen atoms in total. The standard InChI is InChI=1S/C21H21/c1-3-9-18(10-4-1)11-5-2-6-12-19-15-16-20-13-7-8-14-21(20)17-19/h1,3-4,6-10,13-17H,2,5,11-12H2. The van der Waals surface area contributed by atoms with Crippen molar-refractivity contribution in [3.05, 3.63) is 90.3 Å². The second-order valence-corrected chi connectivity index (χ2v) is 5.55. The molecule has 0 aliphatic heterocycles. The minimum atomic E-state index is 1.07. The van der Waals surface area contributed by atoms with Crippen LogP contribution in [0, 0.1) is 6.42 Å². The molecule has 0 spiro atoms.